The highest BCUT2D eigenvalue weighted by Crippen LogP contribution is 2.11. The lowest BCUT2D eigenvalue weighted by atomic mass is 10.1. The topological polar surface area (TPSA) is 76.4 Å². The van der Waals surface area contributed by atoms with E-state index in [9.17, 15) is 0 Å². The summed E-state index contributed by atoms with van der Waals surface area (Å²) in [5.74, 6) is 3.31. The molecule has 3 rings (SSSR count). The van der Waals surface area contributed by atoms with Gasteiger partial charge in [-0.15, -0.1) is 34.2 Å². The van der Waals surface area contributed by atoms with Crippen LogP contribution in [0.5, 0.6) is 5.75 Å². The number of rotatable bonds is 7. The molecular formula is C22H29IN6O. The van der Waals surface area contributed by atoms with Crippen molar-refractivity contribution in [2.45, 2.75) is 33.5 Å². The maximum absolute atomic E-state index is 5.22. The summed E-state index contributed by atoms with van der Waals surface area (Å²) in [7, 11) is 3.63. The molecule has 0 unspecified atom stereocenters. The van der Waals surface area contributed by atoms with Crippen molar-refractivity contribution in [3.05, 3.63) is 76.9 Å². The molecule has 0 saturated heterocycles. The number of aliphatic imine (C=N–C) groups is 1. The van der Waals surface area contributed by atoms with Crippen LogP contribution in [0.1, 0.15) is 28.3 Å². The Bertz CT molecular complexity index is 968. The van der Waals surface area contributed by atoms with E-state index >= 15 is 0 Å². The maximum atomic E-state index is 5.22. The van der Waals surface area contributed by atoms with Gasteiger partial charge < -0.3 is 19.9 Å². The zero-order valence-corrected chi connectivity index (χ0v) is 20.2. The van der Waals surface area contributed by atoms with Gasteiger partial charge in [-0.3, -0.25) is 0 Å². The lowest BCUT2D eigenvalue weighted by molar-refractivity contribution is 0.414. The van der Waals surface area contributed by atoms with Gasteiger partial charge in [0.05, 0.1) is 20.2 Å². The molecule has 0 aliphatic rings. The second-order valence-electron chi connectivity index (χ2n) is 6.93. The van der Waals surface area contributed by atoms with Gasteiger partial charge >= 0.3 is 0 Å². The van der Waals surface area contributed by atoms with Gasteiger partial charge in [-0.2, -0.15) is 0 Å². The lowest BCUT2D eigenvalue weighted by Gasteiger charge is -2.13. The number of nitrogens with zero attached hydrogens (tertiary/aromatic N) is 4. The van der Waals surface area contributed by atoms with Crippen molar-refractivity contribution in [2.75, 3.05) is 7.11 Å². The van der Waals surface area contributed by atoms with Crippen LogP contribution in [-0.2, 0) is 26.7 Å². The summed E-state index contributed by atoms with van der Waals surface area (Å²) < 4.78 is 7.19. The highest BCUT2D eigenvalue weighted by Gasteiger charge is 2.07. The van der Waals surface area contributed by atoms with Crippen LogP contribution in [0.2, 0.25) is 0 Å². The third-order valence-corrected chi connectivity index (χ3v) is 4.72. The first-order valence-corrected chi connectivity index (χ1v) is 9.60. The monoisotopic (exact) mass is 520 g/mol. The first-order valence-electron chi connectivity index (χ1n) is 9.60. The molecule has 0 spiro atoms. The van der Waals surface area contributed by atoms with E-state index in [0.29, 0.717) is 19.6 Å². The van der Waals surface area contributed by atoms with E-state index in [1.807, 2.05) is 42.8 Å². The molecule has 30 heavy (non-hydrogen) atoms. The molecule has 0 amide bonds. The average molecular weight is 520 g/mol. The van der Waals surface area contributed by atoms with Gasteiger partial charge in [-0.1, -0.05) is 42.0 Å². The Hall–Kier alpha value is -2.62. The van der Waals surface area contributed by atoms with Gasteiger partial charge in [0, 0.05) is 13.6 Å². The van der Waals surface area contributed by atoms with Crippen LogP contribution >= 0.6 is 24.0 Å². The number of nitrogens with one attached hydrogen (secondary N) is 2. The summed E-state index contributed by atoms with van der Waals surface area (Å²) in [6.45, 7) is 5.81. The van der Waals surface area contributed by atoms with E-state index in [-0.39, 0.29) is 24.0 Å². The van der Waals surface area contributed by atoms with Crippen LogP contribution in [0.15, 0.2) is 53.5 Å². The van der Waals surface area contributed by atoms with Crippen molar-refractivity contribution < 1.29 is 4.74 Å². The minimum Gasteiger partial charge on any atom is -0.497 e. The van der Waals surface area contributed by atoms with E-state index in [1.165, 1.54) is 11.1 Å². The molecule has 0 radical (unpaired) electrons. The van der Waals surface area contributed by atoms with E-state index in [4.69, 9.17) is 9.73 Å². The fourth-order valence-electron chi connectivity index (χ4n) is 2.85. The number of aromatic nitrogens is 3. The molecule has 0 bridgehead atoms. The average Bonchev–Trinajstić information content (AvgIpc) is 3.06. The summed E-state index contributed by atoms with van der Waals surface area (Å²) in [5.41, 5.74) is 3.54. The highest BCUT2D eigenvalue weighted by molar-refractivity contribution is 14.0. The molecule has 0 atom stereocenters. The van der Waals surface area contributed by atoms with Crippen LogP contribution in [0.25, 0.3) is 0 Å². The quantitative estimate of drug-likeness (QED) is 0.284. The summed E-state index contributed by atoms with van der Waals surface area (Å²) in [6, 6.07) is 16.4. The normalized spacial score (nSPS) is 11.0. The zero-order chi connectivity index (χ0) is 20.6. The predicted octanol–water partition coefficient (Wildman–Crippen LogP) is 3.49. The Balaban J connectivity index is 0.00000320. The van der Waals surface area contributed by atoms with Gasteiger partial charge in [0.25, 0.3) is 0 Å². The maximum Gasteiger partial charge on any atom is 0.192 e. The van der Waals surface area contributed by atoms with E-state index < -0.39 is 0 Å². The van der Waals surface area contributed by atoms with Crippen molar-refractivity contribution >= 4 is 29.9 Å². The van der Waals surface area contributed by atoms with Crippen molar-refractivity contribution in [1.29, 1.82) is 0 Å². The van der Waals surface area contributed by atoms with E-state index in [0.717, 1.165) is 28.9 Å². The number of hydrogen-bond donors (Lipinski definition) is 2. The molecule has 0 saturated carbocycles. The second-order valence-corrected chi connectivity index (χ2v) is 6.93. The molecule has 8 heteroatoms. The number of guanidine groups is 1. The predicted molar refractivity (Wildman–Crippen MR) is 130 cm³/mol. The standard InChI is InChI=1S/C22H28N6O.HI/c1-16-6-5-7-19(12-16)14-24-22(25-15-21-27-26-17(2)28(21)3)23-13-18-8-10-20(29-4)11-9-18;/h5-12H,13-15H2,1-4H3,(H2,23,24,25);1H. The zero-order valence-electron chi connectivity index (χ0n) is 17.8. The van der Waals surface area contributed by atoms with Crippen molar-refractivity contribution in [1.82, 2.24) is 25.4 Å². The third kappa shape index (κ3) is 6.72. The molecule has 1 heterocycles. The molecule has 0 aliphatic carbocycles. The second kappa shape index (κ2) is 11.5. The number of hydrogen-bond acceptors (Lipinski definition) is 4. The SMILES string of the molecule is COc1ccc(CNC(=NCc2cccc(C)c2)NCc2nnc(C)n2C)cc1.I. The van der Waals surface area contributed by atoms with Gasteiger partial charge in [0.2, 0.25) is 0 Å². The Morgan fingerprint density at radius 2 is 1.73 bits per heavy atom. The van der Waals surface area contributed by atoms with Gasteiger partial charge in [0.15, 0.2) is 11.8 Å². The number of ether oxygens (including phenoxy) is 1. The Morgan fingerprint density at radius 3 is 2.37 bits per heavy atom. The fourth-order valence-corrected chi connectivity index (χ4v) is 2.85. The Kier molecular flexibility index (Phi) is 9.10. The van der Waals surface area contributed by atoms with Crippen LogP contribution in [0.4, 0.5) is 0 Å². The first-order chi connectivity index (χ1) is 14.0. The van der Waals surface area contributed by atoms with Gasteiger partial charge in [-0.25, -0.2) is 4.99 Å². The first kappa shape index (κ1) is 23.7. The Labute approximate surface area is 195 Å². The molecule has 3 aromatic rings. The highest BCUT2D eigenvalue weighted by atomic mass is 127. The van der Waals surface area contributed by atoms with E-state index in [1.54, 1.807) is 7.11 Å². The summed E-state index contributed by atoms with van der Waals surface area (Å²) in [6.07, 6.45) is 0. The molecule has 160 valence electrons. The summed E-state index contributed by atoms with van der Waals surface area (Å²) in [4.78, 5) is 4.75. The number of benzene rings is 2. The van der Waals surface area contributed by atoms with E-state index in [2.05, 4.69) is 52.0 Å². The van der Waals surface area contributed by atoms with Crippen molar-refractivity contribution in [2.24, 2.45) is 12.0 Å². The van der Waals surface area contributed by atoms with Gasteiger partial charge in [0.1, 0.15) is 11.6 Å². The fraction of sp³-hybridized carbons (Fsp3) is 0.318. The molecule has 0 fully saturated rings. The molecule has 7 nitrogen and oxygen atoms in total. The van der Waals surface area contributed by atoms with Crippen LogP contribution < -0.4 is 15.4 Å². The molecular weight excluding hydrogens is 491 g/mol. The summed E-state index contributed by atoms with van der Waals surface area (Å²) >= 11 is 0. The number of aryl methyl sites for hydroxylation is 2. The number of methoxy groups -OCH3 is 1. The molecule has 2 N–H and O–H groups in total. The molecule has 0 aliphatic heterocycles. The van der Waals surface area contributed by atoms with Crippen molar-refractivity contribution in [3.8, 4) is 5.75 Å². The minimum absolute atomic E-state index is 0. The van der Waals surface area contributed by atoms with Crippen LogP contribution in [-0.4, -0.2) is 27.8 Å². The molecule has 2 aromatic carbocycles. The Morgan fingerprint density at radius 1 is 1.00 bits per heavy atom. The van der Waals surface area contributed by atoms with Crippen LogP contribution in [0.3, 0.4) is 0 Å². The lowest BCUT2D eigenvalue weighted by Crippen LogP contribution is -2.37. The van der Waals surface area contributed by atoms with Crippen LogP contribution in [0, 0.1) is 13.8 Å². The largest absolute Gasteiger partial charge is 0.497 e. The number of halogens is 1. The van der Waals surface area contributed by atoms with Crippen molar-refractivity contribution in [3.63, 3.8) is 0 Å². The smallest absolute Gasteiger partial charge is 0.192 e. The minimum atomic E-state index is 0. The molecule has 1 aromatic heterocycles. The van der Waals surface area contributed by atoms with Gasteiger partial charge in [-0.05, 0) is 37.1 Å². The summed E-state index contributed by atoms with van der Waals surface area (Å²) in [5, 5.41) is 15.1. The third-order valence-electron chi connectivity index (χ3n) is 4.72.